The van der Waals surface area contributed by atoms with Crippen molar-refractivity contribution in [1.82, 2.24) is 4.90 Å². The van der Waals surface area contributed by atoms with Gasteiger partial charge in [-0.15, -0.1) is 0 Å². The molecule has 1 fully saturated rings. The van der Waals surface area contributed by atoms with Gasteiger partial charge in [0, 0.05) is 19.5 Å². The molecule has 1 aliphatic rings. The van der Waals surface area contributed by atoms with E-state index in [1.54, 1.807) is 11.9 Å². The van der Waals surface area contributed by atoms with Crippen LogP contribution in [-0.4, -0.2) is 36.1 Å². The molecule has 0 aromatic heterocycles. The van der Waals surface area contributed by atoms with E-state index in [2.05, 4.69) is 6.92 Å². The minimum absolute atomic E-state index is 0.0609. The molecule has 0 unspecified atom stereocenters. The molecule has 0 aromatic carbocycles. The third-order valence-electron chi connectivity index (χ3n) is 3.18. The number of amides is 1. The fourth-order valence-electron chi connectivity index (χ4n) is 2.08. The van der Waals surface area contributed by atoms with Gasteiger partial charge >= 0.3 is 0 Å². The lowest BCUT2D eigenvalue weighted by Gasteiger charge is -2.28. The molecule has 0 radical (unpaired) electrons. The Morgan fingerprint density at radius 1 is 1.36 bits per heavy atom. The topological polar surface area (TPSA) is 40.5 Å². The van der Waals surface area contributed by atoms with Crippen LogP contribution in [0.15, 0.2) is 0 Å². The lowest BCUT2D eigenvalue weighted by Crippen LogP contribution is -2.36. The number of aliphatic hydroxyl groups excluding tert-OH is 1. The third-order valence-corrected chi connectivity index (χ3v) is 3.18. The zero-order valence-electron chi connectivity index (χ0n) is 9.20. The first-order valence-electron chi connectivity index (χ1n) is 5.51. The second kappa shape index (κ2) is 5.35. The van der Waals surface area contributed by atoms with Crippen molar-refractivity contribution in [3.8, 4) is 0 Å². The highest BCUT2D eigenvalue weighted by Crippen LogP contribution is 2.29. The van der Waals surface area contributed by atoms with Crippen molar-refractivity contribution in [2.45, 2.75) is 32.6 Å². The van der Waals surface area contributed by atoms with E-state index < -0.39 is 0 Å². The van der Waals surface area contributed by atoms with E-state index >= 15 is 0 Å². The van der Waals surface area contributed by atoms with E-state index in [-0.39, 0.29) is 18.4 Å². The molecule has 1 saturated carbocycles. The Bertz CT molecular complexity index is 186. The predicted octanol–water partition coefficient (Wildman–Crippen LogP) is 1.26. The average molecular weight is 199 g/mol. The van der Waals surface area contributed by atoms with Crippen LogP contribution < -0.4 is 0 Å². The summed E-state index contributed by atoms with van der Waals surface area (Å²) in [4.78, 5) is 13.5. The molecule has 1 amide bonds. The van der Waals surface area contributed by atoms with E-state index in [1.807, 2.05) is 0 Å². The molecule has 0 atom stereocenters. The summed E-state index contributed by atoms with van der Waals surface area (Å²) in [5, 5.41) is 8.73. The summed E-state index contributed by atoms with van der Waals surface area (Å²) in [6.07, 6.45) is 4.39. The Hall–Kier alpha value is -0.570. The number of rotatable bonds is 3. The van der Waals surface area contributed by atoms with Crippen LogP contribution in [0.25, 0.3) is 0 Å². The minimum Gasteiger partial charge on any atom is -0.395 e. The van der Waals surface area contributed by atoms with Gasteiger partial charge in [-0.1, -0.05) is 6.92 Å². The zero-order chi connectivity index (χ0) is 10.6. The highest BCUT2D eigenvalue weighted by atomic mass is 16.3. The summed E-state index contributed by atoms with van der Waals surface area (Å²) in [6, 6.07) is 0. The van der Waals surface area contributed by atoms with Gasteiger partial charge in [0.2, 0.25) is 5.91 Å². The summed E-state index contributed by atoms with van der Waals surface area (Å²) < 4.78 is 0. The molecule has 0 spiro atoms. The highest BCUT2D eigenvalue weighted by molar-refractivity contribution is 5.78. The number of hydrogen-bond acceptors (Lipinski definition) is 2. The van der Waals surface area contributed by atoms with Crippen LogP contribution in [0.5, 0.6) is 0 Å². The number of hydrogen-bond donors (Lipinski definition) is 1. The Morgan fingerprint density at radius 2 is 1.93 bits per heavy atom. The SMILES string of the molecule is CC1CCC(C(=O)N(C)CCO)CC1. The standard InChI is InChI=1S/C11H21NO2/c1-9-3-5-10(6-4-9)11(14)12(2)7-8-13/h9-10,13H,3-8H2,1-2H3. The molecule has 0 heterocycles. The van der Waals surface area contributed by atoms with Crippen molar-refractivity contribution < 1.29 is 9.90 Å². The van der Waals surface area contributed by atoms with Crippen molar-refractivity contribution in [3.63, 3.8) is 0 Å². The van der Waals surface area contributed by atoms with Gasteiger partial charge in [0.25, 0.3) is 0 Å². The second-order valence-electron chi connectivity index (χ2n) is 4.44. The Labute approximate surface area is 86.1 Å². The van der Waals surface area contributed by atoms with E-state index in [1.165, 1.54) is 12.8 Å². The Kier molecular flexibility index (Phi) is 4.39. The monoisotopic (exact) mass is 199 g/mol. The van der Waals surface area contributed by atoms with Crippen molar-refractivity contribution in [2.75, 3.05) is 20.2 Å². The molecule has 3 heteroatoms. The van der Waals surface area contributed by atoms with Crippen molar-refractivity contribution in [2.24, 2.45) is 11.8 Å². The van der Waals surface area contributed by atoms with Gasteiger partial charge in [-0.3, -0.25) is 4.79 Å². The van der Waals surface area contributed by atoms with E-state index in [0.717, 1.165) is 18.8 Å². The van der Waals surface area contributed by atoms with Crippen LogP contribution in [-0.2, 0) is 4.79 Å². The van der Waals surface area contributed by atoms with Gasteiger partial charge in [-0.05, 0) is 31.6 Å². The van der Waals surface area contributed by atoms with Crippen LogP contribution in [0.4, 0.5) is 0 Å². The van der Waals surface area contributed by atoms with Gasteiger partial charge in [0.1, 0.15) is 0 Å². The average Bonchev–Trinajstić information content (AvgIpc) is 2.18. The molecule has 0 saturated heterocycles. The van der Waals surface area contributed by atoms with Crippen LogP contribution >= 0.6 is 0 Å². The number of likely N-dealkylation sites (N-methyl/N-ethyl adjacent to an activating group) is 1. The maximum absolute atomic E-state index is 11.8. The minimum atomic E-state index is 0.0609. The predicted molar refractivity (Wildman–Crippen MR) is 55.8 cm³/mol. The number of carbonyl (C=O) groups is 1. The molecule has 3 nitrogen and oxygen atoms in total. The lowest BCUT2D eigenvalue weighted by atomic mass is 9.82. The first kappa shape index (κ1) is 11.5. The van der Waals surface area contributed by atoms with Crippen LogP contribution in [0.1, 0.15) is 32.6 Å². The fourth-order valence-corrected chi connectivity index (χ4v) is 2.08. The highest BCUT2D eigenvalue weighted by Gasteiger charge is 2.26. The maximum atomic E-state index is 11.8. The Morgan fingerprint density at radius 3 is 2.43 bits per heavy atom. The van der Waals surface area contributed by atoms with Crippen LogP contribution in [0.2, 0.25) is 0 Å². The van der Waals surface area contributed by atoms with Crippen LogP contribution in [0.3, 0.4) is 0 Å². The number of carbonyl (C=O) groups excluding carboxylic acids is 1. The normalized spacial score (nSPS) is 27.4. The molecule has 0 bridgehead atoms. The van der Waals surface area contributed by atoms with Crippen molar-refractivity contribution in [1.29, 1.82) is 0 Å². The summed E-state index contributed by atoms with van der Waals surface area (Å²) in [5.74, 6) is 1.20. The Balaban J connectivity index is 2.37. The van der Waals surface area contributed by atoms with Gasteiger partial charge in [-0.25, -0.2) is 0 Å². The first-order valence-corrected chi connectivity index (χ1v) is 5.51. The first-order chi connectivity index (χ1) is 6.65. The quantitative estimate of drug-likeness (QED) is 0.743. The van der Waals surface area contributed by atoms with Gasteiger partial charge in [-0.2, -0.15) is 0 Å². The third kappa shape index (κ3) is 2.98. The molecular formula is C11H21NO2. The van der Waals surface area contributed by atoms with E-state index in [0.29, 0.717) is 6.54 Å². The van der Waals surface area contributed by atoms with Crippen molar-refractivity contribution in [3.05, 3.63) is 0 Å². The van der Waals surface area contributed by atoms with Gasteiger partial charge in [0.05, 0.1) is 6.61 Å². The molecule has 1 aliphatic carbocycles. The molecule has 82 valence electrons. The molecule has 0 aromatic rings. The largest absolute Gasteiger partial charge is 0.395 e. The second-order valence-corrected chi connectivity index (χ2v) is 4.44. The van der Waals surface area contributed by atoms with E-state index in [4.69, 9.17) is 5.11 Å². The molecule has 1 N–H and O–H groups in total. The summed E-state index contributed by atoms with van der Waals surface area (Å²) >= 11 is 0. The van der Waals surface area contributed by atoms with E-state index in [9.17, 15) is 4.79 Å². The number of nitrogens with zero attached hydrogens (tertiary/aromatic N) is 1. The van der Waals surface area contributed by atoms with Gasteiger partial charge < -0.3 is 10.0 Å². The lowest BCUT2D eigenvalue weighted by molar-refractivity contribution is -0.135. The molecule has 0 aliphatic heterocycles. The molecule has 14 heavy (non-hydrogen) atoms. The molecular weight excluding hydrogens is 178 g/mol. The fraction of sp³-hybridized carbons (Fsp3) is 0.909. The van der Waals surface area contributed by atoms with Crippen molar-refractivity contribution >= 4 is 5.91 Å². The van der Waals surface area contributed by atoms with Crippen LogP contribution in [0, 0.1) is 11.8 Å². The smallest absolute Gasteiger partial charge is 0.225 e. The molecule has 1 rings (SSSR count). The number of aliphatic hydroxyl groups is 1. The summed E-state index contributed by atoms with van der Waals surface area (Å²) in [7, 11) is 1.77. The maximum Gasteiger partial charge on any atom is 0.225 e. The zero-order valence-corrected chi connectivity index (χ0v) is 9.20. The summed E-state index contributed by atoms with van der Waals surface area (Å²) in [5.41, 5.74) is 0. The van der Waals surface area contributed by atoms with Gasteiger partial charge in [0.15, 0.2) is 0 Å². The summed E-state index contributed by atoms with van der Waals surface area (Å²) in [6.45, 7) is 2.77.